The number of ether oxygens (including phenoxy) is 1. The fraction of sp³-hybridized carbons (Fsp3) is 0.565. The molecule has 7 heteroatoms. The van der Waals surface area contributed by atoms with Gasteiger partial charge in [-0.2, -0.15) is 0 Å². The molecule has 1 amide bonds. The molecule has 2 saturated heterocycles. The smallest absolute Gasteiger partial charge is 0.276 e. The van der Waals surface area contributed by atoms with E-state index in [1.807, 2.05) is 4.90 Å². The van der Waals surface area contributed by atoms with Crippen LogP contribution in [-0.4, -0.2) is 78.1 Å². The van der Waals surface area contributed by atoms with E-state index in [2.05, 4.69) is 45.1 Å². The Morgan fingerprint density at radius 1 is 1.07 bits per heavy atom. The van der Waals surface area contributed by atoms with Crippen molar-refractivity contribution >= 4 is 5.91 Å². The van der Waals surface area contributed by atoms with Crippen LogP contribution in [0.2, 0.25) is 0 Å². The van der Waals surface area contributed by atoms with Crippen LogP contribution in [-0.2, 0) is 17.8 Å². The number of piperidine rings is 1. The molecule has 0 radical (unpaired) electrons. The predicted octanol–water partition coefficient (Wildman–Crippen LogP) is 2.63. The van der Waals surface area contributed by atoms with E-state index in [0.717, 1.165) is 58.5 Å². The molecule has 0 aliphatic carbocycles. The summed E-state index contributed by atoms with van der Waals surface area (Å²) in [6.07, 6.45) is 4.67. The van der Waals surface area contributed by atoms with Crippen molar-refractivity contribution < 1.29 is 13.9 Å². The number of hydrogen-bond acceptors (Lipinski definition) is 6. The van der Waals surface area contributed by atoms with Crippen molar-refractivity contribution in [2.45, 2.75) is 38.4 Å². The Labute approximate surface area is 178 Å². The standard InChI is InChI=1S/C23H32N4O3/c1-29-17-20-9-5-6-10-27(20)23(28)21-18-30-22(24-21)16-26-13-11-25(12-14-26)15-19-7-3-2-4-8-19/h2-4,7-8,18,20H,5-6,9-17H2,1H3/t20-/m1/s1. The van der Waals surface area contributed by atoms with E-state index in [-0.39, 0.29) is 11.9 Å². The third-order valence-corrected chi connectivity index (χ3v) is 6.09. The maximum atomic E-state index is 12.9. The first-order valence-electron chi connectivity index (χ1n) is 11.0. The van der Waals surface area contributed by atoms with Gasteiger partial charge in [-0.05, 0) is 24.8 Å². The Morgan fingerprint density at radius 3 is 2.53 bits per heavy atom. The van der Waals surface area contributed by atoms with Gasteiger partial charge in [0, 0.05) is 46.4 Å². The number of rotatable bonds is 7. The quantitative estimate of drug-likeness (QED) is 0.697. The summed E-state index contributed by atoms with van der Waals surface area (Å²) in [5.41, 5.74) is 1.77. The van der Waals surface area contributed by atoms with Crippen molar-refractivity contribution in [2.75, 3.05) is 46.4 Å². The van der Waals surface area contributed by atoms with Gasteiger partial charge in [-0.1, -0.05) is 30.3 Å². The zero-order chi connectivity index (χ0) is 20.8. The number of likely N-dealkylation sites (tertiary alicyclic amines) is 1. The first-order chi connectivity index (χ1) is 14.7. The van der Waals surface area contributed by atoms with Gasteiger partial charge in [0.05, 0.1) is 19.2 Å². The highest BCUT2D eigenvalue weighted by molar-refractivity contribution is 5.92. The van der Waals surface area contributed by atoms with E-state index < -0.39 is 0 Å². The van der Waals surface area contributed by atoms with Gasteiger partial charge in [-0.3, -0.25) is 14.6 Å². The molecule has 2 aromatic rings. The number of oxazole rings is 1. The van der Waals surface area contributed by atoms with Gasteiger partial charge in [0.1, 0.15) is 6.26 Å². The van der Waals surface area contributed by atoms with E-state index in [9.17, 15) is 4.79 Å². The number of nitrogens with zero attached hydrogens (tertiary/aromatic N) is 4. The average molecular weight is 413 g/mol. The first-order valence-corrected chi connectivity index (χ1v) is 11.0. The number of carbonyl (C=O) groups excluding carboxylic acids is 1. The summed E-state index contributed by atoms with van der Waals surface area (Å²) in [6.45, 7) is 6.96. The van der Waals surface area contributed by atoms with Crippen molar-refractivity contribution in [1.29, 1.82) is 0 Å². The van der Waals surface area contributed by atoms with E-state index >= 15 is 0 Å². The highest BCUT2D eigenvalue weighted by Crippen LogP contribution is 2.20. The molecule has 0 N–H and O–H groups in total. The minimum absolute atomic E-state index is 0.0422. The number of benzene rings is 1. The molecular weight excluding hydrogens is 380 g/mol. The fourth-order valence-corrected chi connectivity index (χ4v) is 4.40. The molecular formula is C23H32N4O3. The molecule has 2 aliphatic heterocycles. The Kier molecular flexibility index (Phi) is 7.15. The molecule has 7 nitrogen and oxygen atoms in total. The van der Waals surface area contributed by atoms with Crippen LogP contribution in [0, 0.1) is 0 Å². The number of methoxy groups -OCH3 is 1. The summed E-state index contributed by atoms with van der Waals surface area (Å²) in [5.74, 6) is 0.578. The van der Waals surface area contributed by atoms with Crippen LogP contribution < -0.4 is 0 Å². The Morgan fingerprint density at radius 2 is 1.80 bits per heavy atom. The fourth-order valence-electron chi connectivity index (χ4n) is 4.40. The third kappa shape index (κ3) is 5.28. The zero-order valence-corrected chi connectivity index (χ0v) is 17.8. The van der Waals surface area contributed by atoms with E-state index in [1.54, 1.807) is 7.11 Å². The van der Waals surface area contributed by atoms with E-state index in [4.69, 9.17) is 9.15 Å². The van der Waals surface area contributed by atoms with Gasteiger partial charge in [0.15, 0.2) is 5.69 Å². The number of piperazine rings is 1. The monoisotopic (exact) mass is 412 g/mol. The number of aromatic nitrogens is 1. The molecule has 30 heavy (non-hydrogen) atoms. The molecule has 3 heterocycles. The van der Waals surface area contributed by atoms with E-state index in [1.165, 1.54) is 11.8 Å². The van der Waals surface area contributed by atoms with Crippen molar-refractivity contribution in [3.05, 3.63) is 53.7 Å². The lowest BCUT2D eigenvalue weighted by atomic mass is 10.0. The average Bonchev–Trinajstić information content (AvgIpc) is 3.24. The second-order valence-corrected chi connectivity index (χ2v) is 8.27. The molecule has 0 saturated carbocycles. The molecule has 1 aromatic carbocycles. The molecule has 4 rings (SSSR count). The number of amides is 1. The summed E-state index contributed by atoms with van der Waals surface area (Å²) in [5, 5.41) is 0. The lowest BCUT2D eigenvalue weighted by Gasteiger charge is -2.34. The Bertz CT molecular complexity index is 800. The zero-order valence-electron chi connectivity index (χ0n) is 17.8. The number of carbonyl (C=O) groups is 1. The normalized spacial score (nSPS) is 21.1. The van der Waals surface area contributed by atoms with Crippen LogP contribution in [0.5, 0.6) is 0 Å². The van der Waals surface area contributed by atoms with Crippen LogP contribution in [0.3, 0.4) is 0 Å². The van der Waals surface area contributed by atoms with Crippen LogP contribution in [0.15, 0.2) is 41.0 Å². The van der Waals surface area contributed by atoms with E-state index in [0.29, 0.717) is 24.7 Å². The van der Waals surface area contributed by atoms with Crippen molar-refractivity contribution in [1.82, 2.24) is 19.7 Å². The van der Waals surface area contributed by atoms with Crippen LogP contribution in [0.1, 0.15) is 41.2 Å². The first kappa shape index (κ1) is 21.0. The molecule has 0 spiro atoms. The molecule has 2 fully saturated rings. The maximum Gasteiger partial charge on any atom is 0.276 e. The lowest BCUT2D eigenvalue weighted by molar-refractivity contribution is 0.0423. The maximum absolute atomic E-state index is 12.9. The van der Waals surface area contributed by atoms with Gasteiger partial charge >= 0.3 is 0 Å². The van der Waals surface area contributed by atoms with Crippen molar-refractivity contribution in [3.8, 4) is 0 Å². The second kappa shape index (κ2) is 10.2. The number of hydrogen-bond donors (Lipinski definition) is 0. The SMILES string of the molecule is COC[C@H]1CCCCN1C(=O)c1coc(CN2CCN(Cc3ccccc3)CC2)n1. The van der Waals surface area contributed by atoms with Gasteiger partial charge in [0.2, 0.25) is 5.89 Å². The summed E-state index contributed by atoms with van der Waals surface area (Å²) in [7, 11) is 1.69. The molecule has 162 valence electrons. The largest absolute Gasteiger partial charge is 0.447 e. The van der Waals surface area contributed by atoms with Gasteiger partial charge in [-0.15, -0.1) is 0 Å². The summed E-state index contributed by atoms with van der Waals surface area (Å²) >= 11 is 0. The summed E-state index contributed by atoms with van der Waals surface area (Å²) in [4.78, 5) is 24.2. The van der Waals surface area contributed by atoms with Crippen LogP contribution in [0.4, 0.5) is 0 Å². The molecule has 1 atom stereocenters. The Hall–Kier alpha value is -2.22. The van der Waals surface area contributed by atoms with Crippen molar-refractivity contribution in [3.63, 3.8) is 0 Å². The molecule has 1 aromatic heterocycles. The summed E-state index contributed by atoms with van der Waals surface area (Å²) in [6, 6.07) is 10.7. The summed E-state index contributed by atoms with van der Waals surface area (Å²) < 4.78 is 11.0. The molecule has 0 bridgehead atoms. The van der Waals surface area contributed by atoms with Crippen LogP contribution >= 0.6 is 0 Å². The van der Waals surface area contributed by atoms with Crippen molar-refractivity contribution in [2.24, 2.45) is 0 Å². The molecule has 2 aliphatic rings. The highest BCUT2D eigenvalue weighted by Gasteiger charge is 2.29. The Balaban J connectivity index is 1.28. The third-order valence-electron chi connectivity index (χ3n) is 6.09. The van der Waals surface area contributed by atoms with Gasteiger partial charge in [0.25, 0.3) is 5.91 Å². The minimum atomic E-state index is -0.0422. The topological polar surface area (TPSA) is 62.1 Å². The lowest BCUT2D eigenvalue weighted by Crippen LogP contribution is -2.46. The molecule has 0 unspecified atom stereocenters. The second-order valence-electron chi connectivity index (χ2n) is 8.27. The highest BCUT2D eigenvalue weighted by atomic mass is 16.5. The van der Waals surface area contributed by atoms with Crippen LogP contribution in [0.25, 0.3) is 0 Å². The minimum Gasteiger partial charge on any atom is -0.447 e. The van der Waals surface area contributed by atoms with Gasteiger partial charge in [-0.25, -0.2) is 4.98 Å². The predicted molar refractivity (Wildman–Crippen MR) is 114 cm³/mol. The van der Waals surface area contributed by atoms with Gasteiger partial charge < -0.3 is 14.1 Å².